The van der Waals surface area contributed by atoms with Crippen molar-refractivity contribution < 1.29 is 0 Å². The number of hydrogen-bond acceptors (Lipinski definition) is 4. The first-order chi connectivity index (χ1) is 8.54. The minimum Gasteiger partial charge on any atom is -0.372 e. The van der Waals surface area contributed by atoms with Gasteiger partial charge in [-0.2, -0.15) is 5.10 Å². The maximum absolute atomic E-state index is 4.48. The lowest BCUT2D eigenvalue weighted by Gasteiger charge is -2.14. The number of benzene rings is 1. The number of nitrogens with zero attached hydrogens (tertiary/aromatic N) is 3. The van der Waals surface area contributed by atoms with Gasteiger partial charge in [0.15, 0.2) is 5.82 Å². The highest BCUT2D eigenvalue weighted by Gasteiger charge is 2.13. The first-order valence-electron chi connectivity index (χ1n) is 6.00. The molecule has 0 aliphatic rings. The predicted octanol–water partition coefficient (Wildman–Crippen LogP) is 2.81. The molecule has 0 fully saturated rings. The standard InChI is InChI=1S/C14H18N4/c1-8-6-9(2)11(4)13(10(8)3)14-17-12(15-5)7-16-18-14/h6-7H,1-5H3,(H,15,17,18). The summed E-state index contributed by atoms with van der Waals surface area (Å²) in [4.78, 5) is 4.48. The highest BCUT2D eigenvalue weighted by atomic mass is 15.2. The lowest BCUT2D eigenvalue weighted by Crippen LogP contribution is -2.02. The minimum atomic E-state index is 0.684. The molecule has 0 unspecified atom stereocenters. The Bertz CT molecular complexity index is 564. The van der Waals surface area contributed by atoms with Crippen LogP contribution in [0.5, 0.6) is 0 Å². The molecule has 2 aromatic rings. The third-order valence-corrected chi connectivity index (χ3v) is 3.40. The van der Waals surface area contributed by atoms with E-state index in [1.165, 1.54) is 22.3 Å². The third kappa shape index (κ3) is 2.06. The summed E-state index contributed by atoms with van der Waals surface area (Å²) < 4.78 is 0. The van der Waals surface area contributed by atoms with Gasteiger partial charge >= 0.3 is 0 Å². The summed E-state index contributed by atoms with van der Waals surface area (Å²) in [6, 6.07) is 2.20. The second kappa shape index (κ2) is 4.72. The number of anilines is 1. The van der Waals surface area contributed by atoms with Crippen LogP contribution in [0.15, 0.2) is 12.3 Å². The van der Waals surface area contributed by atoms with Crippen molar-refractivity contribution in [2.24, 2.45) is 0 Å². The fourth-order valence-electron chi connectivity index (χ4n) is 2.08. The van der Waals surface area contributed by atoms with E-state index in [4.69, 9.17) is 0 Å². The molecule has 4 heteroatoms. The molecule has 1 heterocycles. The van der Waals surface area contributed by atoms with E-state index < -0.39 is 0 Å². The smallest absolute Gasteiger partial charge is 0.184 e. The second-order valence-electron chi connectivity index (χ2n) is 4.55. The van der Waals surface area contributed by atoms with Gasteiger partial charge in [0, 0.05) is 12.6 Å². The first kappa shape index (κ1) is 12.5. The Balaban J connectivity index is 2.70. The Morgan fingerprint density at radius 3 is 2.17 bits per heavy atom. The lowest BCUT2D eigenvalue weighted by molar-refractivity contribution is 0.974. The van der Waals surface area contributed by atoms with E-state index in [2.05, 4.69) is 54.3 Å². The van der Waals surface area contributed by atoms with E-state index in [0.717, 1.165) is 11.4 Å². The molecule has 0 amide bonds. The van der Waals surface area contributed by atoms with Crippen LogP contribution in [0.1, 0.15) is 22.3 Å². The highest BCUT2D eigenvalue weighted by Crippen LogP contribution is 2.29. The molecule has 0 bridgehead atoms. The normalized spacial score (nSPS) is 10.5. The quantitative estimate of drug-likeness (QED) is 0.879. The minimum absolute atomic E-state index is 0.684. The van der Waals surface area contributed by atoms with Crippen LogP contribution in [0, 0.1) is 27.7 Å². The summed E-state index contributed by atoms with van der Waals surface area (Å²) in [6.07, 6.45) is 1.62. The molecule has 1 aromatic heterocycles. The van der Waals surface area contributed by atoms with Crippen LogP contribution >= 0.6 is 0 Å². The summed E-state index contributed by atoms with van der Waals surface area (Å²) in [5.41, 5.74) is 6.04. The molecule has 18 heavy (non-hydrogen) atoms. The molecule has 0 saturated carbocycles. The number of nitrogens with one attached hydrogen (secondary N) is 1. The number of rotatable bonds is 2. The monoisotopic (exact) mass is 242 g/mol. The summed E-state index contributed by atoms with van der Waals surface area (Å²) in [6.45, 7) is 8.43. The molecular formula is C14H18N4. The third-order valence-electron chi connectivity index (χ3n) is 3.40. The van der Waals surface area contributed by atoms with Crippen molar-refractivity contribution in [3.05, 3.63) is 34.5 Å². The van der Waals surface area contributed by atoms with E-state index in [9.17, 15) is 0 Å². The van der Waals surface area contributed by atoms with Crippen molar-refractivity contribution in [2.45, 2.75) is 27.7 Å². The number of aromatic nitrogens is 3. The Hall–Kier alpha value is -1.97. The van der Waals surface area contributed by atoms with E-state index in [1.807, 2.05) is 7.05 Å². The average Bonchev–Trinajstić information content (AvgIpc) is 2.37. The fraction of sp³-hybridized carbons (Fsp3) is 0.357. The molecule has 0 saturated heterocycles. The van der Waals surface area contributed by atoms with Crippen molar-refractivity contribution in [3.63, 3.8) is 0 Å². The maximum atomic E-state index is 4.48. The predicted molar refractivity (Wildman–Crippen MR) is 73.8 cm³/mol. The molecule has 1 aromatic carbocycles. The van der Waals surface area contributed by atoms with Crippen molar-refractivity contribution in [1.29, 1.82) is 0 Å². The Morgan fingerprint density at radius 1 is 1.00 bits per heavy atom. The highest BCUT2D eigenvalue weighted by molar-refractivity contribution is 5.68. The van der Waals surface area contributed by atoms with Gasteiger partial charge in [0.2, 0.25) is 0 Å². The molecule has 0 radical (unpaired) electrons. The summed E-state index contributed by atoms with van der Waals surface area (Å²) in [5, 5.41) is 11.2. The number of aryl methyl sites for hydroxylation is 2. The Kier molecular flexibility index (Phi) is 3.28. The van der Waals surface area contributed by atoms with E-state index in [0.29, 0.717) is 5.82 Å². The van der Waals surface area contributed by atoms with Gasteiger partial charge < -0.3 is 5.32 Å². The largest absolute Gasteiger partial charge is 0.372 e. The Morgan fingerprint density at radius 2 is 1.61 bits per heavy atom. The molecule has 4 nitrogen and oxygen atoms in total. The molecule has 94 valence electrons. The van der Waals surface area contributed by atoms with Crippen LogP contribution in [-0.4, -0.2) is 22.2 Å². The van der Waals surface area contributed by atoms with Crippen molar-refractivity contribution in [1.82, 2.24) is 15.2 Å². The van der Waals surface area contributed by atoms with Crippen molar-refractivity contribution >= 4 is 5.82 Å². The topological polar surface area (TPSA) is 50.7 Å². The van der Waals surface area contributed by atoms with Crippen LogP contribution < -0.4 is 5.32 Å². The van der Waals surface area contributed by atoms with Gasteiger partial charge in [-0.05, 0) is 49.9 Å². The molecule has 2 rings (SSSR count). The zero-order valence-corrected chi connectivity index (χ0v) is 11.5. The second-order valence-corrected chi connectivity index (χ2v) is 4.55. The average molecular weight is 242 g/mol. The molecular weight excluding hydrogens is 224 g/mol. The van der Waals surface area contributed by atoms with Crippen LogP contribution in [0.4, 0.5) is 5.82 Å². The van der Waals surface area contributed by atoms with Crippen molar-refractivity contribution in [2.75, 3.05) is 12.4 Å². The Labute approximate surface area is 107 Å². The van der Waals surface area contributed by atoms with Crippen LogP contribution in [0.2, 0.25) is 0 Å². The van der Waals surface area contributed by atoms with Crippen LogP contribution in [0.25, 0.3) is 11.4 Å². The molecule has 1 N–H and O–H groups in total. The van der Waals surface area contributed by atoms with Crippen LogP contribution in [-0.2, 0) is 0 Å². The zero-order valence-electron chi connectivity index (χ0n) is 11.5. The lowest BCUT2D eigenvalue weighted by atomic mass is 9.94. The van der Waals surface area contributed by atoms with Gasteiger partial charge in [0.1, 0.15) is 5.82 Å². The van der Waals surface area contributed by atoms with E-state index in [-0.39, 0.29) is 0 Å². The van der Waals surface area contributed by atoms with Gasteiger partial charge in [-0.15, -0.1) is 5.10 Å². The summed E-state index contributed by atoms with van der Waals surface area (Å²) >= 11 is 0. The summed E-state index contributed by atoms with van der Waals surface area (Å²) in [7, 11) is 1.83. The van der Waals surface area contributed by atoms with Gasteiger partial charge in [0.25, 0.3) is 0 Å². The molecule has 0 aliphatic carbocycles. The number of hydrogen-bond donors (Lipinski definition) is 1. The van der Waals surface area contributed by atoms with Gasteiger partial charge in [-0.1, -0.05) is 6.07 Å². The molecule has 0 spiro atoms. The molecule has 0 aliphatic heterocycles. The van der Waals surface area contributed by atoms with Gasteiger partial charge in [-0.25, -0.2) is 4.98 Å². The van der Waals surface area contributed by atoms with Gasteiger partial charge in [0.05, 0.1) is 6.20 Å². The maximum Gasteiger partial charge on any atom is 0.184 e. The SMILES string of the molecule is CNc1cnnc(-c2c(C)c(C)cc(C)c2C)n1. The first-order valence-corrected chi connectivity index (χ1v) is 6.00. The van der Waals surface area contributed by atoms with Crippen molar-refractivity contribution in [3.8, 4) is 11.4 Å². The van der Waals surface area contributed by atoms with Crippen LogP contribution in [0.3, 0.4) is 0 Å². The van der Waals surface area contributed by atoms with E-state index >= 15 is 0 Å². The summed E-state index contributed by atoms with van der Waals surface area (Å²) in [5.74, 6) is 1.42. The van der Waals surface area contributed by atoms with E-state index in [1.54, 1.807) is 6.20 Å². The van der Waals surface area contributed by atoms with Gasteiger partial charge in [-0.3, -0.25) is 0 Å². The zero-order chi connectivity index (χ0) is 13.3. The fourth-order valence-corrected chi connectivity index (χ4v) is 2.08. The molecule has 0 atom stereocenters.